The molecule has 0 fully saturated rings. The molecule has 0 saturated heterocycles. The molecule has 1 aliphatic rings. The van der Waals surface area contributed by atoms with Crippen molar-refractivity contribution in [2.75, 3.05) is 32.3 Å². The molecule has 2 N–H and O–H groups in total. The van der Waals surface area contributed by atoms with Crippen LogP contribution in [0.15, 0.2) is 47.9 Å². The van der Waals surface area contributed by atoms with Crippen LogP contribution >= 0.6 is 11.8 Å². The van der Waals surface area contributed by atoms with Gasteiger partial charge < -0.3 is 19.9 Å². The van der Waals surface area contributed by atoms with E-state index < -0.39 is 18.0 Å². The molecule has 0 saturated carbocycles. The Kier molecular flexibility index (Phi) is 7.24. The smallest absolute Gasteiger partial charge is 0.435 e. The third-order valence-electron chi connectivity index (χ3n) is 5.12. The largest absolute Gasteiger partial charge is 0.497 e. The fourth-order valence-corrected chi connectivity index (χ4v) is 3.91. The van der Waals surface area contributed by atoms with Gasteiger partial charge in [-0.1, -0.05) is 11.8 Å². The molecule has 1 aromatic carbocycles. The van der Waals surface area contributed by atoms with Gasteiger partial charge in [0.25, 0.3) is 0 Å². The van der Waals surface area contributed by atoms with E-state index in [0.717, 1.165) is 33.6 Å². The van der Waals surface area contributed by atoms with Crippen molar-refractivity contribution in [2.45, 2.75) is 6.18 Å². The second-order valence-corrected chi connectivity index (χ2v) is 8.21. The number of amides is 1. The number of carboxylic acid groups (broad SMARTS) is 1. The zero-order valence-electron chi connectivity index (χ0n) is 19.6. The van der Waals surface area contributed by atoms with Crippen molar-refractivity contribution in [2.24, 2.45) is 4.99 Å². The highest BCUT2D eigenvalue weighted by molar-refractivity contribution is 8.13. The Bertz CT molecular complexity index is 1370. The predicted octanol–water partition coefficient (Wildman–Crippen LogP) is 4.50. The molecule has 0 bridgehead atoms. The van der Waals surface area contributed by atoms with E-state index in [1.165, 1.54) is 26.6 Å². The molecule has 3 heterocycles. The summed E-state index contributed by atoms with van der Waals surface area (Å²) in [6.45, 7) is -0.112. The zero-order valence-corrected chi connectivity index (χ0v) is 20.5. The van der Waals surface area contributed by atoms with Crippen molar-refractivity contribution in [3.8, 4) is 17.3 Å². The van der Waals surface area contributed by atoms with Crippen LogP contribution in [0.3, 0.4) is 0 Å². The van der Waals surface area contributed by atoms with Gasteiger partial charge >= 0.3 is 12.3 Å². The van der Waals surface area contributed by atoms with E-state index in [1.807, 2.05) is 0 Å². The molecule has 0 radical (unpaired) electrons. The van der Waals surface area contributed by atoms with E-state index in [-0.39, 0.29) is 29.0 Å². The predicted molar refractivity (Wildman–Crippen MR) is 131 cm³/mol. The van der Waals surface area contributed by atoms with Gasteiger partial charge in [-0.05, 0) is 12.3 Å². The van der Waals surface area contributed by atoms with Crippen LogP contribution < -0.4 is 14.8 Å². The Labute approximate surface area is 212 Å². The minimum absolute atomic E-state index is 0.0118. The molecule has 1 amide bonds. The number of alkyl halides is 3. The number of methoxy groups -OCH3 is 2. The van der Waals surface area contributed by atoms with Gasteiger partial charge in [0.2, 0.25) is 5.95 Å². The second-order valence-electron chi connectivity index (χ2n) is 7.44. The maximum atomic E-state index is 13.3. The first kappa shape index (κ1) is 25.8. The van der Waals surface area contributed by atoms with Crippen LogP contribution in [0.5, 0.6) is 11.5 Å². The highest BCUT2D eigenvalue weighted by Gasteiger charge is 2.34. The summed E-state index contributed by atoms with van der Waals surface area (Å²) in [5.74, 6) is 1.01. The summed E-state index contributed by atoms with van der Waals surface area (Å²) in [6.07, 6.45) is -0.312. The summed E-state index contributed by atoms with van der Waals surface area (Å²) in [5.41, 5.74) is 0.000631. The lowest BCUT2D eigenvalue weighted by molar-refractivity contribution is -0.141. The quantitative estimate of drug-likeness (QED) is 0.469. The monoisotopic (exact) mass is 535 g/mol. The molecule has 2 aromatic heterocycles. The first-order valence-electron chi connectivity index (χ1n) is 10.4. The van der Waals surface area contributed by atoms with Gasteiger partial charge in [-0.2, -0.15) is 23.3 Å². The normalized spacial score (nSPS) is 13.6. The molecular formula is C22H20F3N7O4S. The lowest BCUT2D eigenvalue weighted by Gasteiger charge is -2.24. The molecule has 0 atom stereocenters. The molecule has 0 spiro atoms. The molecule has 4 rings (SSSR count). The van der Waals surface area contributed by atoms with E-state index in [4.69, 9.17) is 9.47 Å². The standard InChI is InChI=1S/C22H20F3N7O4S/c1-35-14-6-13(7-15(8-14)36-2)28-19-26-10-16(12-9-27-20(37-3)31(11-12)21(33)34)18(29-19)32-5-4-17(30-32)22(23,24)25/h4-10H,11H2,1-3H3,(H,33,34)(H,26,28,29). The number of thioether (sulfide) groups is 1. The minimum atomic E-state index is -4.67. The summed E-state index contributed by atoms with van der Waals surface area (Å²) in [6, 6.07) is 5.79. The van der Waals surface area contributed by atoms with Gasteiger partial charge in [0.1, 0.15) is 11.5 Å². The van der Waals surface area contributed by atoms with Gasteiger partial charge in [0.05, 0.1) is 20.8 Å². The highest BCUT2D eigenvalue weighted by Crippen LogP contribution is 2.32. The third kappa shape index (κ3) is 5.61. The number of hydrogen-bond donors (Lipinski definition) is 2. The molecular weight excluding hydrogens is 515 g/mol. The molecule has 3 aromatic rings. The summed E-state index contributed by atoms with van der Waals surface area (Å²) >= 11 is 1.14. The van der Waals surface area contributed by atoms with Crippen molar-refractivity contribution in [3.05, 3.63) is 54.1 Å². The van der Waals surface area contributed by atoms with Crippen molar-refractivity contribution in [1.82, 2.24) is 24.6 Å². The average molecular weight is 536 g/mol. The summed E-state index contributed by atoms with van der Waals surface area (Å²) in [5, 5.41) is 16.4. The number of carbonyl (C=O) groups is 1. The molecule has 1 aliphatic heterocycles. The molecule has 0 unspecified atom stereocenters. The zero-order chi connectivity index (χ0) is 26.7. The number of halogens is 3. The molecule has 15 heteroatoms. The number of anilines is 2. The van der Waals surface area contributed by atoms with Gasteiger partial charge in [-0.25, -0.2) is 19.5 Å². The molecule has 11 nitrogen and oxygen atoms in total. The Morgan fingerprint density at radius 2 is 1.89 bits per heavy atom. The number of aromatic nitrogens is 4. The molecule has 194 valence electrons. The highest BCUT2D eigenvalue weighted by atomic mass is 32.2. The SMILES string of the molecule is COc1cc(Nc2ncc(C3=CN=C(SC)N(C(=O)O)C3)c(-n3ccc(C(F)(F)F)n3)n2)cc(OC)c1. The second kappa shape index (κ2) is 10.4. The number of nitrogens with zero attached hydrogens (tertiary/aromatic N) is 6. The van der Waals surface area contributed by atoms with Crippen LogP contribution in [0, 0.1) is 0 Å². The first-order chi connectivity index (χ1) is 17.6. The van der Waals surface area contributed by atoms with Crippen molar-refractivity contribution >= 4 is 40.2 Å². The number of amidine groups is 1. The third-order valence-corrected chi connectivity index (χ3v) is 5.81. The van der Waals surface area contributed by atoms with Gasteiger partial charge in [0.15, 0.2) is 16.7 Å². The van der Waals surface area contributed by atoms with E-state index in [2.05, 4.69) is 25.4 Å². The number of ether oxygens (including phenoxy) is 2. The molecule has 0 aliphatic carbocycles. The summed E-state index contributed by atoms with van der Waals surface area (Å²) in [4.78, 5) is 25.6. The van der Waals surface area contributed by atoms with Gasteiger partial charge in [-0.3, -0.25) is 4.90 Å². The van der Waals surface area contributed by atoms with Gasteiger partial charge in [-0.15, -0.1) is 0 Å². The Balaban J connectivity index is 1.80. The fraction of sp³-hybridized carbons (Fsp3) is 0.227. The van der Waals surface area contributed by atoms with Gasteiger partial charge in [0, 0.05) is 53.6 Å². The number of benzene rings is 1. The Morgan fingerprint density at radius 1 is 1.19 bits per heavy atom. The Hall–Kier alpha value is -4.27. The van der Waals surface area contributed by atoms with Crippen LogP contribution in [-0.4, -0.2) is 68.0 Å². The van der Waals surface area contributed by atoms with Crippen LogP contribution in [0.1, 0.15) is 11.3 Å². The summed E-state index contributed by atoms with van der Waals surface area (Å²) < 4.78 is 51.2. The Morgan fingerprint density at radius 3 is 2.46 bits per heavy atom. The number of aliphatic imine (C=N–C) groups is 1. The van der Waals surface area contributed by atoms with E-state index in [9.17, 15) is 23.1 Å². The number of hydrogen-bond acceptors (Lipinski definition) is 9. The topological polar surface area (TPSA) is 127 Å². The minimum Gasteiger partial charge on any atom is -0.497 e. The number of nitrogens with one attached hydrogen (secondary N) is 1. The van der Waals surface area contributed by atoms with E-state index in [1.54, 1.807) is 24.5 Å². The first-order valence-corrected chi connectivity index (χ1v) is 11.7. The summed E-state index contributed by atoms with van der Waals surface area (Å²) in [7, 11) is 2.97. The van der Waals surface area contributed by atoms with Crippen molar-refractivity contribution in [3.63, 3.8) is 0 Å². The van der Waals surface area contributed by atoms with Crippen molar-refractivity contribution in [1.29, 1.82) is 0 Å². The lowest BCUT2D eigenvalue weighted by atomic mass is 10.1. The van der Waals surface area contributed by atoms with Crippen LogP contribution in [0.4, 0.5) is 29.6 Å². The average Bonchev–Trinajstić information content (AvgIpc) is 3.39. The maximum absolute atomic E-state index is 13.3. The molecule has 37 heavy (non-hydrogen) atoms. The fourth-order valence-electron chi connectivity index (χ4n) is 3.38. The van der Waals surface area contributed by atoms with E-state index >= 15 is 0 Å². The maximum Gasteiger partial charge on any atom is 0.435 e. The number of rotatable bonds is 6. The van der Waals surface area contributed by atoms with Crippen LogP contribution in [0.25, 0.3) is 11.4 Å². The van der Waals surface area contributed by atoms with E-state index in [0.29, 0.717) is 22.8 Å². The van der Waals surface area contributed by atoms with Crippen LogP contribution in [0.2, 0.25) is 0 Å². The van der Waals surface area contributed by atoms with Crippen LogP contribution in [-0.2, 0) is 6.18 Å². The lowest BCUT2D eigenvalue weighted by Crippen LogP contribution is -2.37. The van der Waals surface area contributed by atoms with Crippen molar-refractivity contribution < 1.29 is 32.5 Å².